The van der Waals surface area contributed by atoms with Crippen molar-refractivity contribution in [2.75, 3.05) is 20.2 Å². The van der Waals surface area contributed by atoms with Crippen LogP contribution in [0.3, 0.4) is 0 Å². The summed E-state index contributed by atoms with van der Waals surface area (Å²) in [5.74, 6) is -0.0312. The van der Waals surface area contributed by atoms with Crippen LogP contribution in [0.1, 0.15) is 49.3 Å². The number of carbonyl (C=O) groups excluding carboxylic acids is 2. The van der Waals surface area contributed by atoms with E-state index in [0.717, 1.165) is 24.0 Å². The van der Waals surface area contributed by atoms with Gasteiger partial charge in [0.25, 0.3) is 0 Å². The van der Waals surface area contributed by atoms with Crippen LogP contribution < -0.4 is 0 Å². The van der Waals surface area contributed by atoms with Gasteiger partial charge in [0.1, 0.15) is 6.54 Å². The van der Waals surface area contributed by atoms with E-state index in [0.29, 0.717) is 12.5 Å². The number of esters is 1. The van der Waals surface area contributed by atoms with Crippen LogP contribution in [0, 0.1) is 0 Å². The lowest BCUT2D eigenvalue weighted by Gasteiger charge is -2.42. The molecule has 2 aromatic carbocycles. The quantitative estimate of drug-likeness (QED) is 0.755. The van der Waals surface area contributed by atoms with E-state index in [1.165, 1.54) is 10.5 Å². The van der Waals surface area contributed by atoms with E-state index in [1.54, 1.807) is 14.0 Å². The van der Waals surface area contributed by atoms with E-state index in [1.807, 2.05) is 42.5 Å². The van der Waals surface area contributed by atoms with Crippen molar-refractivity contribution in [2.45, 2.75) is 38.0 Å². The predicted molar refractivity (Wildman–Crippen MR) is 106 cm³/mol. The first-order valence-electron chi connectivity index (χ1n) is 9.56. The van der Waals surface area contributed by atoms with Gasteiger partial charge in [0.2, 0.25) is 5.91 Å². The number of benzene rings is 2. The van der Waals surface area contributed by atoms with Crippen molar-refractivity contribution in [1.29, 1.82) is 0 Å². The number of carbonyl (C=O) groups is 2. The minimum atomic E-state index is -0.772. The minimum Gasteiger partial charge on any atom is -0.465 e. The second kappa shape index (κ2) is 7.95. The molecule has 0 N–H and O–H groups in total. The van der Waals surface area contributed by atoms with E-state index in [4.69, 9.17) is 4.74 Å². The van der Waals surface area contributed by atoms with Crippen molar-refractivity contribution in [3.63, 3.8) is 0 Å². The third-order valence-corrected chi connectivity index (χ3v) is 5.55. The second-order valence-electron chi connectivity index (χ2n) is 7.26. The predicted octanol–water partition coefficient (Wildman–Crippen LogP) is 3.89. The van der Waals surface area contributed by atoms with Gasteiger partial charge in [-0.1, -0.05) is 61.5 Å². The summed E-state index contributed by atoms with van der Waals surface area (Å²) in [7, 11) is 1.69. The molecule has 2 atom stereocenters. The zero-order chi connectivity index (χ0) is 19.4. The minimum absolute atomic E-state index is 0.0427. The number of nitrogens with zero attached hydrogens (tertiary/aromatic N) is 1. The van der Waals surface area contributed by atoms with Crippen LogP contribution >= 0.6 is 0 Å². The Balaban J connectivity index is 2.10. The molecule has 1 amide bonds. The lowest BCUT2D eigenvalue weighted by atomic mass is 9.63. The van der Waals surface area contributed by atoms with Crippen molar-refractivity contribution in [1.82, 2.24) is 4.90 Å². The van der Waals surface area contributed by atoms with Gasteiger partial charge in [0.15, 0.2) is 0 Å². The summed E-state index contributed by atoms with van der Waals surface area (Å²) in [5.41, 5.74) is 2.47. The molecule has 0 heterocycles. The Morgan fingerprint density at radius 1 is 1.11 bits per heavy atom. The average Bonchev–Trinajstić information content (AvgIpc) is 2.69. The van der Waals surface area contributed by atoms with Gasteiger partial charge >= 0.3 is 5.97 Å². The molecule has 0 saturated carbocycles. The number of fused-ring (bicyclic) bond motifs is 1. The van der Waals surface area contributed by atoms with E-state index in [2.05, 4.69) is 19.1 Å². The topological polar surface area (TPSA) is 46.6 Å². The number of amides is 1. The molecule has 1 aliphatic rings. The van der Waals surface area contributed by atoms with Crippen LogP contribution in [-0.4, -0.2) is 37.0 Å². The van der Waals surface area contributed by atoms with Crippen LogP contribution in [-0.2, 0) is 19.7 Å². The maximum Gasteiger partial charge on any atom is 0.325 e. The van der Waals surface area contributed by atoms with Crippen LogP contribution in [0.25, 0.3) is 0 Å². The molecule has 0 aliphatic heterocycles. The fourth-order valence-electron chi connectivity index (χ4n) is 4.20. The van der Waals surface area contributed by atoms with Crippen LogP contribution in [0.4, 0.5) is 0 Å². The number of likely N-dealkylation sites (N-methyl/N-ethyl adjacent to an activating group) is 1. The highest BCUT2D eigenvalue weighted by molar-refractivity contribution is 5.94. The summed E-state index contributed by atoms with van der Waals surface area (Å²) in [4.78, 5) is 27.2. The molecule has 0 aromatic heterocycles. The molecule has 0 bridgehead atoms. The molecule has 4 heteroatoms. The molecule has 0 saturated heterocycles. The van der Waals surface area contributed by atoms with Gasteiger partial charge in [-0.2, -0.15) is 0 Å². The summed E-state index contributed by atoms with van der Waals surface area (Å²) in [6, 6.07) is 18.1. The van der Waals surface area contributed by atoms with E-state index in [9.17, 15) is 9.59 Å². The lowest BCUT2D eigenvalue weighted by Crippen LogP contribution is -2.49. The summed E-state index contributed by atoms with van der Waals surface area (Å²) in [6.07, 6.45) is 1.64. The molecular weight excluding hydrogens is 338 g/mol. The fourth-order valence-corrected chi connectivity index (χ4v) is 4.20. The van der Waals surface area contributed by atoms with Gasteiger partial charge in [-0.15, -0.1) is 0 Å². The Morgan fingerprint density at radius 3 is 2.48 bits per heavy atom. The average molecular weight is 365 g/mol. The largest absolute Gasteiger partial charge is 0.465 e. The normalized spacial score (nSPS) is 21.2. The molecule has 1 aliphatic carbocycles. The Bertz CT molecular complexity index is 817. The van der Waals surface area contributed by atoms with Crippen molar-refractivity contribution < 1.29 is 14.3 Å². The zero-order valence-electron chi connectivity index (χ0n) is 16.3. The summed E-state index contributed by atoms with van der Waals surface area (Å²) in [5, 5.41) is 0. The molecule has 4 nitrogen and oxygen atoms in total. The molecular formula is C23H27NO3. The summed E-state index contributed by atoms with van der Waals surface area (Å²) in [6.45, 7) is 4.24. The molecule has 2 aromatic rings. The second-order valence-corrected chi connectivity index (χ2v) is 7.26. The van der Waals surface area contributed by atoms with E-state index in [-0.39, 0.29) is 18.4 Å². The van der Waals surface area contributed by atoms with Crippen molar-refractivity contribution in [2.24, 2.45) is 0 Å². The SMILES string of the molecule is CCOC(=O)CN(C)C(=O)[C@@]1(c2ccccc2)CC[C@H](C)c2ccccc21. The molecule has 142 valence electrons. The standard InChI is InChI=1S/C23H27NO3/c1-4-27-21(25)16-24(3)22(26)23(18-10-6-5-7-11-18)15-14-17(2)19-12-8-9-13-20(19)23/h5-13,17H,4,14-16H2,1-3H3/t17-,23+/m0/s1. The maximum atomic E-state index is 13.7. The smallest absolute Gasteiger partial charge is 0.325 e. The first kappa shape index (κ1) is 19.2. The molecule has 0 spiro atoms. The number of ether oxygens (including phenoxy) is 1. The summed E-state index contributed by atoms with van der Waals surface area (Å²) >= 11 is 0. The highest BCUT2D eigenvalue weighted by Crippen LogP contribution is 2.47. The number of rotatable bonds is 5. The van der Waals surface area contributed by atoms with Crippen LogP contribution in [0.15, 0.2) is 54.6 Å². The third-order valence-electron chi connectivity index (χ3n) is 5.55. The zero-order valence-corrected chi connectivity index (χ0v) is 16.3. The number of hydrogen-bond acceptors (Lipinski definition) is 3. The van der Waals surface area contributed by atoms with E-state index < -0.39 is 5.41 Å². The van der Waals surface area contributed by atoms with Gasteiger partial charge < -0.3 is 9.64 Å². The third kappa shape index (κ3) is 3.48. The molecule has 0 radical (unpaired) electrons. The number of hydrogen-bond donors (Lipinski definition) is 0. The molecule has 0 unspecified atom stereocenters. The Hall–Kier alpha value is -2.62. The molecule has 27 heavy (non-hydrogen) atoms. The van der Waals surface area contributed by atoms with Gasteiger partial charge in [-0.25, -0.2) is 0 Å². The van der Waals surface area contributed by atoms with Gasteiger partial charge in [0, 0.05) is 7.05 Å². The fraction of sp³-hybridized carbons (Fsp3) is 0.391. The Kier molecular flexibility index (Phi) is 5.64. The Morgan fingerprint density at radius 2 is 1.78 bits per heavy atom. The summed E-state index contributed by atoms with van der Waals surface area (Å²) < 4.78 is 5.04. The van der Waals surface area contributed by atoms with Crippen molar-refractivity contribution in [3.8, 4) is 0 Å². The lowest BCUT2D eigenvalue weighted by molar-refractivity contribution is -0.149. The maximum absolute atomic E-state index is 13.7. The van der Waals surface area contributed by atoms with Gasteiger partial charge in [0.05, 0.1) is 12.0 Å². The van der Waals surface area contributed by atoms with Gasteiger partial charge in [-0.3, -0.25) is 9.59 Å². The van der Waals surface area contributed by atoms with Crippen molar-refractivity contribution in [3.05, 3.63) is 71.3 Å². The first-order chi connectivity index (χ1) is 13.0. The van der Waals surface area contributed by atoms with Crippen molar-refractivity contribution >= 4 is 11.9 Å². The van der Waals surface area contributed by atoms with E-state index >= 15 is 0 Å². The molecule has 3 rings (SSSR count). The highest BCUT2D eigenvalue weighted by atomic mass is 16.5. The Labute approximate surface area is 161 Å². The highest BCUT2D eigenvalue weighted by Gasteiger charge is 2.47. The van der Waals surface area contributed by atoms with Crippen LogP contribution in [0.2, 0.25) is 0 Å². The monoisotopic (exact) mass is 365 g/mol. The first-order valence-corrected chi connectivity index (χ1v) is 9.56. The van der Waals surface area contributed by atoms with Gasteiger partial charge in [-0.05, 0) is 42.4 Å². The molecule has 0 fully saturated rings. The van der Waals surface area contributed by atoms with Crippen LogP contribution in [0.5, 0.6) is 0 Å².